The van der Waals surface area contributed by atoms with Crippen molar-refractivity contribution in [2.75, 3.05) is 46.2 Å². The topological polar surface area (TPSA) is 51.2 Å². The van der Waals surface area contributed by atoms with Gasteiger partial charge in [-0.05, 0) is 50.6 Å². The summed E-state index contributed by atoms with van der Waals surface area (Å²) in [5.74, 6) is -0.228. The Morgan fingerprint density at radius 1 is 1.13 bits per heavy atom. The maximum atomic E-state index is 13.3. The predicted molar refractivity (Wildman–Crippen MR) is 133 cm³/mol. The summed E-state index contributed by atoms with van der Waals surface area (Å²) in [5.41, 5.74) is 2.73. The van der Waals surface area contributed by atoms with E-state index in [0.717, 1.165) is 17.7 Å². The number of benzene rings is 2. The fourth-order valence-corrected chi connectivity index (χ4v) is 3.79. The second kappa shape index (κ2) is 9.96. The number of likely N-dealkylation sites (N-methyl/N-ethyl adjacent to an activating group) is 3. The van der Waals surface area contributed by atoms with E-state index in [1.807, 2.05) is 50.3 Å². The summed E-state index contributed by atoms with van der Waals surface area (Å²) in [6.45, 7) is 1.54. The minimum Gasteiger partial charge on any atom is -0.351 e. The molecule has 2 aromatic rings. The number of carbonyl (C=O) groups is 1. The molecule has 0 saturated carbocycles. The van der Waals surface area contributed by atoms with Gasteiger partial charge in [-0.2, -0.15) is 0 Å². The van der Waals surface area contributed by atoms with E-state index >= 15 is 0 Å². The number of carbonyl (C=O) groups excluding carboxylic acids is 1. The number of halogens is 2. The van der Waals surface area contributed by atoms with Gasteiger partial charge < -0.3 is 20.0 Å². The molecular weight excluding hydrogens is 453 g/mol. The highest BCUT2D eigenvalue weighted by Crippen LogP contribution is 2.31. The zero-order chi connectivity index (χ0) is 22.7. The van der Waals surface area contributed by atoms with Gasteiger partial charge in [0, 0.05) is 48.4 Å². The molecule has 1 N–H and O–H groups in total. The molecular formula is C22H25Cl2N5OS. The van der Waals surface area contributed by atoms with Gasteiger partial charge in [-0.25, -0.2) is 4.99 Å². The van der Waals surface area contributed by atoms with Gasteiger partial charge in [-0.15, -0.1) is 0 Å². The molecule has 0 spiro atoms. The van der Waals surface area contributed by atoms with Crippen LogP contribution in [0.2, 0.25) is 10.0 Å². The van der Waals surface area contributed by atoms with E-state index in [2.05, 4.69) is 10.2 Å². The first-order valence-electron chi connectivity index (χ1n) is 9.75. The molecule has 0 radical (unpaired) electrons. The van der Waals surface area contributed by atoms with Gasteiger partial charge in [0.15, 0.2) is 5.11 Å². The number of hydrogen-bond acceptors (Lipinski definition) is 4. The first-order chi connectivity index (χ1) is 14.7. The third-order valence-electron chi connectivity index (χ3n) is 5.02. The van der Waals surface area contributed by atoms with Gasteiger partial charge >= 0.3 is 0 Å². The van der Waals surface area contributed by atoms with Crippen molar-refractivity contribution in [3.8, 4) is 0 Å². The lowest BCUT2D eigenvalue weighted by atomic mass is 10.00. The number of nitrogens with zero attached hydrogens (tertiary/aromatic N) is 4. The van der Waals surface area contributed by atoms with Crippen LogP contribution in [0.4, 0.5) is 5.69 Å². The van der Waals surface area contributed by atoms with Crippen molar-refractivity contribution in [1.29, 1.82) is 0 Å². The van der Waals surface area contributed by atoms with Crippen LogP contribution in [0.5, 0.6) is 0 Å². The molecule has 31 heavy (non-hydrogen) atoms. The Morgan fingerprint density at radius 3 is 2.52 bits per heavy atom. The van der Waals surface area contributed by atoms with Crippen LogP contribution < -0.4 is 10.2 Å². The summed E-state index contributed by atoms with van der Waals surface area (Å²) in [7, 11) is 7.60. The van der Waals surface area contributed by atoms with Gasteiger partial charge in [0.1, 0.15) is 0 Å². The zero-order valence-electron chi connectivity index (χ0n) is 17.9. The van der Waals surface area contributed by atoms with E-state index in [1.54, 1.807) is 30.1 Å². The molecule has 1 unspecified atom stereocenters. The number of aliphatic imine (C=N–C) groups is 1. The van der Waals surface area contributed by atoms with E-state index < -0.39 is 6.17 Å². The maximum Gasteiger partial charge on any atom is 0.272 e. The Hall–Kier alpha value is -2.19. The van der Waals surface area contributed by atoms with Gasteiger partial charge in [0.25, 0.3) is 5.91 Å². The standard InChI is InChI=1S/C22H25Cl2N5OS/c1-27(2)11-12-28(3)22(31)26-20-21(30)29(4)18-10-9-14(23)13-16(18)19(25-20)15-7-5-6-8-17(15)24/h5-10,13,20H,11-12H2,1-4H3,(H,26,31). The van der Waals surface area contributed by atoms with Crippen LogP contribution >= 0.6 is 35.4 Å². The van der Waals surface area contributed by atoms with E-state index in [1.165, 1.54) is 0 Å². The molecule has 0 aliphatic carbocycles. The third-order valence-corrected chi connectivity index (χ3v) is 6.01. The quantitative estimate of drug-likeness (QED) is 0.667. The summed E-state index contributed by atoms with van der Waals surface area (Å²) in [5, 5.41) is 4.64. The molecule has 1 aliphatic heterocycles. The van der Waals surface area contributed by atoms with Crippen LogP contribution in [0.25, 0.3) is 0 Å². The minimum atomic E-state index is -0.906. The highest BCUT2D eigenvalue weighted by Gasteiger charge is 2.31. The highest BCUT2D eigenvalue weighted by atomic mass is 35.5. The Morgan fingerprint density at radius 2 is 1.84 bits per heavy atom. The molecule has 0 saturated heterocycles. The molecule has 1 amide bonds. The van der Waals surface area contributed by atoms with Gasteiger partial charge in [-0.1, -0.05) is 41.4 Å². The molecule has 0 aromatic heterocycles. The molecule has 2 aromatic carbocycles. The SMILES string of the molecule is CN(C)CCN(C)C(=S)NC1N=C(c2ccccc2Cl)c2cc(Cl)ccc2N(C)C1=O. The van der Waals surface area contributed by atoms with Crippen LogP contribution in [0.3, 0.4) is 0 Å². The Balaban J connectivity index is 2.04. The van der Waals surface area contributed by atoms with E-state index in [0.29, 0.717) is 33.1 Å². The summed E-state index contributed by atoms with van der Waals surface area (Å²) >= 11 is 18.3. The highest BCUT2D eigenvalue weighted by molar-refractivity contribution is 7.80. The number of fused-ring (bicyclic) bond motifs is 1. The van der Waals surface area contributed by atoms with E-state index in [9.17, 15) is 4.79 Å². The van der Waals surface area contributed by atoms with Gasteiger partial charge in [-0.3, -0.25) is 4.79 Å². The fourth-order valence-electron chi connectivity index (χ4n) is 3.19. The normalized spacial score (nSPS) is 16.0. The zero-order valence-corrected chi connectivity index (χ0v) is 20.2. The number of benzodiazepines with no additional fused rings is 1. The number of anilines is 1. The first-order valence-corrected chi connectivity index (χ1v) is 10.9. The predicted octanol–water partition coefficient (Wildman–Crippen LogP) is 3.50. The van der Waals surface area contributed by atoms with Crippen molar-refractivity contribution in [2.24, 2.45) is 4.99 Å². The molecule has 164 valence electrons. The Kier molecular flexibility index (Phi) is 7.54. The van der Waals surface area contributed by atoms with Gasteiger partial charge in [0.05, 0.1) is 11.4 Å². The first kappa shape index (κ1) is 23.5. The molecule has 6 nitrogen and oxygen atoms in total. The molecule has 9 heteroatoms. The molecule has 1 aliphatic rings. The van der Waals surface area contributed by atoms with Crippen molar-refractivity contribution >= 4 is 57.8 Å². The van der Waals surface area contributed by atoms with Crippen molar-refractivity contribution in [3.63, 3.8) is 0 Å². The molecule has 1 atom stereocenters. The van der Waals surface area contributed by atoms with Crippen molar-refractivity contribution in [1.82, 2.24) is 15.1 Å². The van der Waals surface area contributed by atoms with Crippen molar-refractivity contribution in [3.05, 3.63) is 63.6 Å². The van der Waals surface area contributed by atoms with E-state index in [-0.39, 0.29) is 5.91 Å². The maximum absolute atomic E-state index is 13.3. The lowest BCUT2D eigenvalue weighted by Crippen LogP contribution is -2.50. The van der Waals surface area contributed by atoms with E-state index in [4.69, 9.17) is 40.4 Å². The third kappa shape index (κ3) is 5.36. The summed E-state index contributed by atoms with van der Waals surface area (Å²) in [4.78, 5) is 23.6. The average Bonchev–Trinajstić information content (AvgIpc) is 2.82. The van der Waals surface area contributed by atoms with Crippen LogP contribution in [0.1, 0.15) is 11.1 Å². The number of nitrogens with one attached hydrogen (secondary N) is 1. The summed E-state index contributed by atoms with van der Waals surface area (Å²) < 4.78 is 0. The largest absolute Gasteiger partial charge is 0.351 e. The fraction of sp³-hybridized carbons (Fsp3) is 0.318. The molecule has 0 fully saturated rings. The monoisotopic (exact) mass is 477 g/mol. The molecule has 0 bridgehead atoms. The molecule has 3 rings (SSSR count). The Labute approximate surface area is 198 Å². The number of amides is 1. The lowest BCUT2D eigenvalue weighted by molar-refractivity contribution is -0.119. The van der Waals surface area contributed by atoms with Crippen molar-refractivity contribution in [2.45, 2.75) is 6.17 Å². The second-order valence-corrected chi connectivity index (χ2v) is 8.82. The van der Waals surface area contributed by atoms with Crippen LogP contribution in [-0.2, 0) is 4.79 Å². The van der Waals surface area contributed by atoms with Crippen LogP contribution in [0.15, 0.2) is 47.5 Å². The van der Waals surface area contributed by atoms with Crippen LogP contribution in [-0.4, -0.2) is 74.0 Å². The average molecular weight is 478 g/mol. The van der Waals surface area contributed by atoms with Crippen molar-refractivity contribution < 1.29 is 4.79 Å². The number of thiocarbonyl (C=S) groups is 1. The van der Waals surface area contributed by atoms with Crippen LogP contribution in [0, 0.1) is 0 Å². The van der Waals surface area contributed by atoms with Gasteiger partial charge in [0.2, 0.25) is 6.17 Å². The smallest absolute Gasteiger partial charge is 0.272 e. The Bertz CT molecular complexity index is 1030. The molecule has 1 heterocycles. The summed E-state index contributed by atoms with van der Waals surface area (Å²) in [6, 6.07) is 12.8. The lowest BCUT2D eigenvalue weighted by Gasteiger charge is -2.26. The minimum absolute atomic E-state index is 0.228. The summed E-state index contributed by atoms with van der Waals surface area (Å²) in [6.07, 6.45) is -0.906. The number of hydrogen-bond donors (Lipinski definition) is 1. The number of rotatable bonds is 5. The second-order valence-electron chi connectivity index (χ2n) is 7.59.